The number of halogens is 2. The lowest BCUT2D eigenvalue weighted by Gasteiger charge is -2.56. The second-order valence-corrected chi connectivity index (χ2v) is 9.97. The Morgan fingerprint density at radius 2 is 1.65 bits per heavy atom. The van der Waals surface area contributed by atoms with Gasteiger partial charge in [-0.2, -0.15) is 0 Å². The van der Waals surface area contributed by atoms with Crippen LogP contribution in [0.2, 0.25) is 0 Å². The van der Waals surface area contributed by atoms with Crippen LogP contribution in [-0.4, -0.2) is 14.3 Å². The Kier molecular flexibility index (Phi) is 4.30. The van der Waals surface area contributed by atoms with Gasteiger partial charge in [0.25, 0.3) is 10.0 Å². The smallest absolute Gasteiger partial charge is 0.260 e. The fraction of sp³-hybridized carbons (Fsp3) is 0.611. The number of benzene rings is 1. The monoisotopic (exact) mass is 384 g/mol. The van der Waals surface area contributed by atoms with Crippen molar-refractivity contribution in [2.75, 3.05) is 0 Å². The highest BCUT2D eigenvalue weighted by molar-refractivity contribution is 7.89. The molecule has 0 aromatic heterocycles. The molecule has 1 aromatic carbocycles. The molecule has 5 nitrogen and oxygen atoms in total. The van der Waals surface area contributed by atoms with Gasteiger partial charge in [-0.05, 0) is 73.8 Å². The molecule has 4 aliphatic carbocycles. The molecule has 4 saturated carbocycles. The van der Waals surface area contributed by atoms with E-state index in [9.17, 15) is 22.0 Å². The number of sulfonamides is 1. The van der Waals surface area contributed by atoms with E-state index in [1.165, 1.54) is 19.3 Å². The number of hydrogen-bond donors (Lipinski definition) is 2. The van der Waals surface area contributed by atoms with Crippen LogP contribution in [0.15, 0.2) is 23.1 Å². The maximum absolute atomic E-state index is 13.7. The first-order chi connectivity index (χ1) is 12.2. The predicted octanol–water partition coefficient (Wildman–Crippen LogP) is 2.88. The van der Waals surface area contributed by atoms with Gasteiger partial charge in [0, 0.05) is 12.5 Å². The number of rotatable bonds is 5. The predicted molar refractivity (Wildman–Crippen MR) is 90.0 cm³/mol. The highest BCUT2D eigenvalue weighted by Gasteiger charge is 2.51. The molecule has 0 saturated heterocycles. The Balaban J connectivity index is 1.40. The Morgan fingerprint density at radius 1 is 1.08 bits per heavy atom. The molecule has 1 amide bonds. The molecule has 5 rings (SSSR count). The summed E-state index contributed by atoms with van der Waals surface area (Å²) in [5.74, 6) is -0.393. The minimum atomic E-state index is -4.29. The molecule has 4 fully saturated rings. The topological polar surface area (TPSA) is 75.3 Å². The first kappa shape index (κ1) is 17.9. The summed E-state index contributed by atoms with van der Waals surface area (Å²) in [6, 6.07) is 2.18. The van der Waals surface area contributed by atoms with Crippen molar-refractivity contribution in [3.05, 3.63) is 29.8 Å². The fourth-order valence-corrected chi connectivity index (χ4v) is 6.68. The maximum atomic E-state index is 13.7. The van der Waals surface area contributed by atoms with Crippen LogP contribution in [0.1, 0.15) is 44.9 Å². The van der Waals surface area contributed by atoms with Crippen LogP contribution in [0.5, 0.6) is 0 Å². The maximum Gasteiger partial charge on any atom is 0.260 e. The Labute approximate surface area is 151 Å². The second-order valence-electron chi connectivity index (χ2n) is 8.32. The average Bonchev–Trinajstić information content (AvgIpc) is 2.51. The van der Waals surface area contributed by atoms with Crippen molar-refractivity contribution in [1.29, 1.82) is 0 Å². The Morgan fingerprint density at radius 3 is 2.19 bits per heavy atom. The highest BCUT2D eigenvalue weighted by Crippen LogP contribution is 2.61. The van der Waals surface area contributed by atoms with Crippen LogP contribution in [-0.2, 0) is 14.8 Å². The van der Waals surface area contributed by atoms with Gasteiger partial charge in [0.05, 0.1) is 0 Å². The second kappa shape index (κ2) is 6.27. The lowest BCUT2D eigenvalue weighted by atomic mass is 9.49. The van der Waals surface area contributed by atoms with Crippen molar-refractivity contribution in [1.82, 2.24) is 10.3 Å². The lowest BCUT2D eigenvalue weighted by molar-refractivity contribution is -0.129. The zero-order chi connectivity index (χ0) is 18.5. The number of hydrogen-bond acceptors (Lipinski definition) is 3. The molecule has 0 unspecified atom stereocenters. The van der Waals surface area contributed by atoms with Gasteiger partial charge < -0.3 is 0 Å². The highest BCUT2D eigenvalue weighted by atomic mass is 32.2. The molecule has 4 aliphatic rings. The molecule has 0 radical (unpaired) electrons. The van der Waals surface area contributed by atoms with E-state index in [2.05, 4.69) is 5.43 Å². The van der Waals surface area contributed by atoms with E-state index in [0.717, 1.165) is 31.4 Å². The normalized spacial score (nSPS) is 32.6. The number of carbonyl (C=O) groups excluding carboxylic acids is 1. The fourth-order valence-electron chi connectivity index (χ4n) is 5.76. The van der Waals surface area contributed by atoms with Gasteiger partial charge in [-0.3, -0.25) is 10.2 Å². The van der Waals surface area contributed by atoms with E-state index in [-0.39, 0.29) is 11.8 Å². The van der Waals surface area contributed by atoms with Crippen molar-refractivity contribution in [3.63, 3.8) is 0 Å². The largest absolute Gasteiger partial charge is 0.278 e. The van der Waals surface area contributed by atoms with E-state index in [4.69, 9.17) is 0 Å². The molecular formula is C18H22F2N2O3S. The number of carbonyl (C=O) groups is 1. The first-order valence-electron chi connectivity index (χ1n) is 9.00. The zero-order valence-corrected chi connectivity index (χ0v) is 15.1. The molecule has 0 spiro atoms. The van der Waals surface area contributed by atoms with Crippen LogP contribution in [0.25, 0.3) is 0 Å². The SMILES string of the molecule is O=C(CC12CC3CC(CC(C3)C1)C2)NNS(=O)(=O)c1ccc(F)cc1F. The van der Waals surface area contributed by atoms with E-state index in [0.29, 0.717) is 23.8 Å². The first-order valence-corrected chi connectivity index (χ1v) is 10.5. The van der Waals surface area contributed by atoms with Gasteiger partial charge in [-0.25, -0.2) is 17.2 Å². The van der Waals surface area contributed by atoms with Crippen molar-refractivity contribution in [2.24, 2.45) is 23.2 Å². The summed E-state index contributed by atoms with van der Waals surface area (Å²) in [6.07, 6.45) is 7.17. The molecule has 1 aromatic rings. The molecule has 0 atom stereocenters. The summed E-state index contributed by atoms with van der Waals surface area (Å²) in [5, 5.41) is 0. The minimum Gasteiger partial charge on any atom is -0.278 e. The average molecular weight is 384 g/mol. The number of amides is 1. The third-order valence-corrected chi connectivity index (χ3v) is 7.49. The van der Waals surface area contributed by atoms with Gasteiger partial charge in [-0.15, -0.1) is 4.83 Å². The number of hydrazine groups is 1. The minimum absolute atomic E-state index is 0.0224. The van der Waals surface area contributed by atoms with E-state index >= 15 is 0 Å². The summed E-state index contributed by atoms with van der Waals surface area (Å²) in [7, 11) is -4.29. The van der Waals surface area contributed by atoms with Gasteiger partial charge in [0.15, 0.2) is 0 Å². The summed E-state index contributed by atoms with van der Waals surface area (Å²) < 4.78 is 50.9. The quantitative estimate of drug-likeness (QED) is 0.767. The van der Waals surface area contributed by atoms with Crippen molar-refractivity contribution >= 4 is 15.9 Å². The van der Waals surface area contributed by atoms with E-state index in [1.54, 1.807) is 0 Å². The van der Waals surface area contributed by atoms with E-state index in [1.807, 2.05) is 4.83 Å². The molecule has 2 N–H and O–H groups in total. The summed E-state index contributed by atoms with van der Waals surface area (Å²) in [4.78, 5) is 13.6. The Bertz CT molecular complexity index is 806. The summed E-state index contributed by atoms with van der Waals surface area (Å²) in [6.45, 7) is 0. The molecule has 0 heterocycles. The molecule has 26 heavy (non-hydrogen) atoms. The lowest BCUT2D eigenvalue weighted by Crippen LogP contribution is -2.50. The summed E-state index contributed by atoms with van der Waals surface area (Å²) in [5.41, 5.74) is 2.18. The van der Waals surface area contributed by atoms with Gasteiger partial charge in [0.1, 0.15) is 16.5 Å². The summed E-state index contributed by atoms with van der Waals surface area (Å²) >= 11 is 0. The molecule has 0 aliphatic heterocycles. The molecule has 142 valence electrons. The van der Waals surface area contributed by atoms with E-state index < -0.39 is 32.5 Å². The van der Waals surface area contributed by atoms with Crippen molar-refractivity contribution in [2.45, 2.75) is 49.8 Å². The van der Waals surface area contributed by atoms with Gasteiger partial charge in [-0.1, -0.05) is 0 Å². The van der Waals surface area contributed by atoms with Crippen molar-refractivity contribution in [3.8, 4) is 0 Å². The third kappa shape index (κ3) is 3.36. The third-order valence-electron chi connectivity index (χ3n) is 6.21. The van der Waals surface area contributed by atoms with Crippen LogP contribution in [0.3, 0.4) is 0 Å². The molecule has 8 heteroatoms. The van der Waals surface area contributed by atoms with Crippen LogP contribution in [0.4, 0.5) is 8.78 Å². The molecule has 4 bridgehead atoms. The zero-order valence-electron chi connectivity index (χ0n) is 14.3. The van der Waals surface area contributed by atoms with Crippen LogP contribution in [0, 0.1) is 34.8 Å². The number of nitrogens with one attached hydrogen (secondary N) is 2. The van der Waals surface area contributed by atoms with Gasteiger partial charge >= 0.3 is 0 Å². The standard InChI is InChI=1S/C18H22F2N2O3S/c19-14-1-2-16(15(20)6-14)26(24,25)22-21-17(23)10-18-7-11-3-12(8-18)5-13(4-11)9-18/h1-2,6,11-13,22H,3-5,7-10H2,(H,21,23). The van der Waals surface area contributed by atoms with Crippen molar-refractivity contribution < 1.29 is 22.0 Å². The van der Waals surface area contributed by atoms with Crippen LogP contribution >= 0.6 is 0 Å². The van der Waals surface area contributed by atoms with Crippen LogP contribution < -0.4 is 10.3 Å². The Hall–Kier alpha value is -1.54. The molecular weight excluding hydrogens is 362 g/mol. The van der Waals surface area contributed by atoms with Gasteiger partial charge in [0.2, 0.25) is 5.91 Å².